The minimum absolute atomic E-state index is 0.531. The molecule has 90 heavy (non-hydrogen) atoms. The molecule has 0 unspecified atom stereocenters. The lowest BCUT2D eigenvalue weighted by atomic mass is 9.74. The number of hydrogen-bond acceptors (Lipinski definition) is 3. The number of rotatable bonds is 11. The maximum absolute atomic E-state index is 12.7. The molecule has 0 saturated carbocycles. The van der Waals surface area contributed by atoms with Crippen LogP contribution in [0.4, 0.5) is 0 Å². The summed E-state index contributed by atoms with van der Waals surface area (Å²) in [7, 11) is 0. The molecule has 0 spiro atoms. The van der Waals surface area contributed by atoms with Gasteiger partial charge in [-0.25, -0.2) is 0 Å². The van der Waals surface area contributed by atoms with Crippen molar-refractivity contribution < 1.29 is 0 Å². The maximum Gasteiger partial charge on any atom is 0.100 e. The molecule has 4 heteroatoms. The second kappa shape index (κ2) is 22.7. The molecule has 418 valence electrons. The van der Waals surface area contributed by atoms with Crippen molar-refractivity contribution in [1.29, 1.82) is 10.5 Å². The van der Waals surface area contributed by atoms with Crippen molar-refractivity contribution in [2.24, 2.45) is 0 Å². The summed E-state index contributed by atoms with van der Waals surface area (Å²) in [5.74, 6) is 0. The SMILES string of the molecule is N#Cc1c(-c2ccccc2)c(-c2ccccc2)c(-c2ccccc2)c(-c2ccccc2)c1-c1cc(-c2c(C#N)c(-c3ccccc3)cc(-c3ccccc3)c2-c2ccccc2)c(-c2ccccc2)c(-n2c3ccccc3c3cc4sc5ccccc5c4cc32)c1. The second-order valence-corrected chi connectivity index (χ2v) is 23.8. The molecular formula is C86H53N3S. The van der Waals surface area contributed by atoms with Crippen LogP contribution in [-0.2, 0) is 0 Å². The van der Waals surface area contributed by atoms with Gasteiger partial charge >= 0.3 is 0 Å². The highest BCUT2D eigenvalue weighted by molar-refractivity contribution is 7.25. The van der Waals surface area contributed by atoms with Crippen LogP contribution in [-0.4, -0.2) is 4.57 Å². The Labute approximate surface area is 526 Å². The minimum atomic E-state index is 0.531. The number of para-hydroxylation sites is 1. The van der Waals surface area contributed by atoms with Gasteiger partial charge in [0.25, 0.3) is 0 Å². The lowest BCUT2D eigenvalue weighted by Gasteiger charge is -2.28. The molecule has 0 aliphatic rings. The summed E-state index contributed by atoms with van der Waals surface area (Å²) in [6.07, 6.45) is 0. The van der Waals surface area contributed by atoms with Gasteiger partial charge in [0, 0.05) is 58.8 Å². The molecule has 0 amide bonds. The van der Waals surface area contributed by atoms with Gasteiger partial charge in [-0.3, -0.25) is 0 Å². The fraction of sp³-hybridized carbons (Fsp3) is 0. The van der Waals surface area contributed by atoms with E-state index >= 15 is 0 Å². The van der Waals surface area contributed by atoms with E-state index in [1.54, 1.807) is 0 Å². The Kier molecular flexibility index (Phi) is 13.5. The highest BCUT2D eigenvalue weighted by atomic mass is 32.1. The topological polar surface area (TPSA) is 52.5 Å². The number of fused-ring (bicyclic) bond motifs is 6. The van der Waals surface area contributed by atoms with Gasteiger partial charge in [-0.15, -0.1) is 11.3 Å². The molecule has 14 aromatic carbocycles. The Morgan fingerprint density at radius 3 is 1.14 bits per heavy atom. The van der Waals surface area contributed by atoms with Crippen molar-refractivity contribution in [1.82, 2.24) is 4.57 Å². The van der Waals surface area contributed by atoms with Crippen molar-refractivity contribution in [3.05, 3.63) is 333 Å². The zero-order valence-corrected chi connectivity index (χ0v) is 49.7. The number of aromatic nitrogens is 1. The largest absolute Gasteiger partial charge is 0.309 e. The quantitative estimate of drug-likeness (QED) is 0.130. The zero-order valence-electron chi connectivity index (χ0n) is 48.8. The van der Waals surface area contributed by atoms with Gasteiger partial charge in [-0.05, 0) is 126 Å². The summed E-state index contributed by atoms with van der Waals surface area (Å²) in [6, 6.07) is 120. The van der Waals surface area contributed by atoms with Crippen LogP contribution >= 0.6 is 11.3 Å². The molecule has 0 aliphatic heterocycles. The predicted octanol–water partition coefficient (Wildman–Crippen LogP) is 23.6. The van der Waals surface area contributed by atoms with Crippen LogP contribution in [0.5, 0.6) is 0 Å². The van der Waals surface area contributed by atoms with Gasteiger partial charge in [0.2, 0.25) is 0 Å². The summed E-state index contributed by atoms with van der Waals surface area (Å²) in [6.45, 7) is 0. The molecule has 0 bridgehead atoms. The third-order valence-corrected chi connectivity index (χ3v) is 18.8. The van der Waals surface area contributed by atoms with Crippen LogP contribution in [0.2, 0.25) is 0 Å². The molecule has 2 heterocycles. The van der Waals surface area contributed by atoms with E-state index in [-0.39, 0.29) is 0 Å². The summed E-state index contributed by atoms with van der Waals surface area (Å²) < 4.78 is 4.92. The third-order valence-electron chi connectivity index (χ3n) is 17.7. The second-order valence-electron chi connectivity index (χ2n) is 22.7. The van der Waals surface area contributed by atoms with Gasteiger partial charge in [-0.1, -0.05) is 279 Å². The number of nitrogens with zero attached hydrogens (tertiary/aromatic N) is 3. The van der Waals surface area contributed by atoms with E-state index in [1.165, 1.54) is 20.2 Å². The zero-order chi connectivity index (χ0) is 60.1. The first-order chi connectivity index (χ1) is 44.6. The molecule has 0 saturated heterocycles. The first kappa shape index (κ1) is 53.5. The van der Waals surface area contributed by atoms with Crippen molar-refractivity contribution in [3.63, 3.8) is 0 Å². The third kappa shape index (κ3) is 9.02. The van der Waals surface area contributed by atoms with E-state index in [9.17, 15) is 10.5 Å². The summed E-state index contributed by atoms with van der Waals surface area (Å²) >= 11 is 1.82. The number of nitriles is 2. The van der Waals surface area contributed by atoms with Crippen molar-refractivity contribution in [2.75, 3.05) is 0 Å². The molecule has 0 aliphatic carbocycles. The summed E-state index contributed by atoms with van der Waals surface area (Å²) in [5.41, 5.74) is 22.3. The minimum Gasteiger partial charge on any atom is -0.309 e. The standard InChI is InChI=1S/C86H53N3S/c87-54-72-67(56-29-9-1-10-30-56)51-68(57-31-11-2-12-32-57)80(59-35-15-4-16-36-59)86(72)71-49-64(50-76(79(71)58-33-13-3-14-34-58)89-74-47-27-25-45-65(74)69-53-78-70(52-75(69)89)66-46-26-28-48-77(66)90-78)82-73(55-88)81(60-37-17-5-18-38-60)83(61-39-19-6-20-40-61)85(63-43-23-8-24-44-63)84(82)62-41-21-7-22-42-62/h1-53H. The Bertz CT molecular complexity index is 5490. The Balaban J connectivity index is 1.20. The van der Waals surface area contributed by atoms with Gasteiger partial charge in [0.15, 0.2) is 0 Å². The van der Waals surface area contributed by atoms with Crippen LogP contribution < -0.4 is 0 Å². The molecule has 16 rings (SSSR count). The molecule has 0 radical (unpaired) electrons. The monoisotopic (exact) mass is 1160 g/mol. The normalized spacial score (nSPS) is 11.3. The van der Waals surface area contributed by atoms with Crippen LogP contribution in [0.25, 0.3) is 159 Å². The summed E-state index contributed by atoms with van der Waals surface area (Å²) in [5, 5.41) is 29.7. The van der Waals surface area contributed by atoms with E-state index in [0.717, 1.165) is 139 Å². The fourth-order valence-corrected chi connectivity index (χ4v) is 15.0. The molecule has 16 aromatic rings. The van der Waals surface area contributed by atoms with E-state index < -0.39 is 0 Å². The molecule has 0 atom stereocenters. The Morgan fingerprint density at radius 2 is 0.633 bits per heavy atom. The molecule has 2 aromatic heterocycles. The highest BCUT2D eigenvalue weighted by Gasteiger charge is 2.33. The van der Waals surface area contributed by atoms with Crippen molar-refractivity contribution in [3.8, 4) is 129 Å². The first-order valence-electron chi connectivity index (χ1n) is 30.4. The number of thiophene rings is 1. The average molecular weight is 1160 g/mol. The Morgan fingerprint density at radius 1 is 0.233 bits per heavy atom. The smallest absolute Gasteiger partial charge is 0.100 e. The van der Waals surface area contributed by atoms with Crippen LogP contribution in [0.3, 0.4) is 0 Å². The fourth-order valence-electron chi connectivity index (χ4n) is 13.9. The summed E-state index contributed by atoms with van der Waals surface area (Å²) in [4.78, 5) is 0. The van der Waals surface area contributed by atoms with E-state index in [0.29, 0.717) is 11.1 Å². The van der Waals surface area contributed by atoms with Crippen molar-refractivity contribution >= 4 is 53.3 Å². The maximum atomic E-state index is 12.7. The van der Waals surface area contributed by atoms with Crippen LogP contribution in [0.15, 0.2) is 322 Å². The van der Waals surface area contributed by atoms with Gasteiger partial charge in [0.1, 0.15) is 12.1 Å². The Hall–Kier alpha value is -11.9. The number of hydrogen-bond donors (Lipinski definition) is 0. The predicted molar refractivity (Wildman–Crippen MR) is 377 cm³/mol. The molecule has 0 N–H and O–H groups in total. The van der Waals surface area contributed by atoms with E-state index in [2.05, 4.69) is 326 Å². The first-order valence-corrected chi connectivity index (χ1v) is 31.2. The van der Waals surface area contributed by atoms with Gasteiger partial charge in [0.05, 0.1) is 27.8 Å². The number of benzene rings is 14. The average Bonchev–Trinajstić information content (AvgIpc) is 1.11. The van der Waals surface area contributed by atoms with Gasteiger partial charge < -0.3 is 4.57 Å². The van der Waals surface area contributed by atoms with E-state index in [1.807, 2.05) is 23.5 Å². The molecule has 0 fully saturated rings. The highest BCUT2D eigenvalue weighted by Crippen LogP contribution is 2.57. The van der Waals surface area contributed by atoms with Crippen LogP contribution in [0, 0.1) is 22.7 Å². The van der Waals surface area contributed by atoms with Crippen LogP contribution in [0.1, 0.15) is 11.1 Å². The lowest BCUT2D eigenvalue weighted by molar-refractivity contribution is 1.18. The van der Waals surface area contributed by atoms with Crippen molar-refractivity contribution in [2.45, 2.75) is 0 Å². The lowest BCUT2D eigenvalue weighted by Crippen LogP contribution is -2.06. The van der Waals surface area contributed by atoms with Gasteiger partial charge in [-0.2, -0.15) is 10.5 Å². The molecule has 3 nitrogen and oxygen atoms in total. The van der Waals surface area contributed by atoms with E-state index in [4.69, 9.17) is 0 Å². The molecular weight excluding hydrogens is 1110 g/mol.